The van der Waals surface area contributed by atoms with Crippen LogP contribution < -0.4 is 5.73 Å². The van der Waals surface area contributed by atoms with Crippen molar-refractivity contribution in [2.45, 2.75) is 12.4 Å². The summed E-state index contributed by atoms with van der Waals surface area (Å²) < 4.78 is 40.1. The Bertz CT molecular complexity index is 435. The van der Waals surface area contributed by atoms with Gasteiger partial charge in [0.15, 0.2) is 0 Å². The minimum absolute atomic E-state index is 0.226. The predicted molar refractivity (Wildman–Crippen MR) is 64.4 cm³/mol. The van der Waals surface area contributed by atoms with Gasteiger partial charge in [0.1, 0.15) is 6.61 Å². The fourth-order valence-corrected chi connectivity index (χ4v) is 1.54. The molecule has 0 unspecified atom stereocenters. The number of rotatable bonds is 4. The van der Waals surface area contributed by atoms with Gasteiger partial charge in [0, 0.05) is 11.4 Å². The van der Waals surface area contributed by atoms with E-state index < -0.39 is 11.5 Å². The number of esters is 1. The minimum atomic E-state index is -4.30. The van der Waals surface area contributed by atoms with E-state index in [4.69, 9.17) is 10.5 Å². The molecule has 1 aromatic carbocycles. The Morgan fingerprint density at radius 2 is 2.11 bits per heavy atom. The Morgan fingerprint density at radius 1 is 1.44 bits per heavy atom. The molecule has 100 valence electrons. The van der Waals surface area contributed by atoms with Crippen molar-refractivity contribution in [2.75, 3.05) is 18.1 Å². The van der Waals surface area contributed by atoms with Crippen molar-refractivity contribution in [2.24, 2.45) is 0 Å². The molecular formula is C11H12F3NO2S. The fraction of sp³-hybridized carbons (Fsp3) is 0.364. The van der Waals surface area contributed by atoms with Gasteiger partial charge < -0.3 is 10.5 Å². The third-order valence-corrected chi connectivity index (χ3v) is 2.80. The van der Waals surface area contributed by atoms with Crippen LogP contribution in [0.3, 0.4) is 0 Å². The number of anilines is 1. The van der Waals surface area contributed by atoms with Gasteiger partial charge in [-0.1, -0.05) is 6.07 Å². The first-order valence-corrected chi connectivity index (χ1v) is 6.02. The van der Waals surface area contributed by atoms with Gasteiger partial charge in [-0.2, -0.15) is 13.2 Å². The molecule has 0 heterocycles. The number of nitrogens with two attached hydrogens (primary N) is 1. The maximum Gasteiger partial charge on any atom is 0.441 e. The molecule has 0 aliphatic rings. The molecule has 0 aliphatic carbocycles. The maximum absolute atomic E-state index is 11.8. The molecule has 7 heteroatoms. The predicted octanol–water partition coefficient (Wildman–Crippen LogP) is 2.99. The molecule has 0 bridgehead atoms. The SMILES string of the molecule is Cc1ccc(C(=O)OCCSC(F)(F)F)cc1N. The topological polar surface area (TPSA) is 52.3 Å². The number of ether oxygens (including phenoxy) is 1. The lowest BCUT2D eigenvalue weighted by atomic mass is 10.1. The zero-order chi connectivity index (χ0) is 13.8. The van der Waals surface area contributed by atoms with Crippen LogP contribution in [-0.4, -0.2) is 23.8 Å². The van der Waals surface area contributed by atoms with E-state index in [-0.39, 0.29) is 29.7 Å². The van der Waals surface area contributed by atoms with Crippen LogP contribution in [0, 0.1) is 6.92 Å². The van der Waals surface area contributed by atoms with Crippen molar-refractivity contribution in [3.8, 4) is 0 Å². The molecule has 0 atom stereocenters. The number of nitrogen functional groups attached to an aromatic ring is 1. The number of hydrogen-bond donors (Lipinski definition) is 1. The number of carbonyl (C=O) groups excluding carboxylic acids is 1. The van der Waals surface area contributed by atoms with Crippen molar-refractivity contribution in [1.29, 1.82) is 0 Å². The summed E-state index contributed by atoms with van der Waals surface area (Å²) in [4.78, 5) is 11.5. The van der Waals surface area contributed by atoms with Crippen molar-refractivity contribution in [1.82, 2.24) is 0 Å². The Labute approximate surface area is 106 Å². The summed E-state index contributed by atoms with van der Waals surface area (Å²) in [6.45, 7) is 1.49. The van der Waals surface area contributed by atoms with Gasteiger partial charge in [0.05, 0.1) is 5.56 Å². The molecule has 0 radical (unpaired) electrons. The van der Waals surface area contributed by atoms with Gasteiger partial charge >= 0.3 is 11.5 Å². The maximum atomic E-state index is 11.8. The van der Waals surface area contributed by atoms with Crippen LogP contribution in [0.1, 0.15) is 15.9 Å². The van der Waals surface area contributed by atoms with Crippen LogP contribution in [0.2, 0.25) is 0 Å². The smallest absolute Gasteiger partial charge is 0.441 e. The Kier molecular flexibility index (Phi) is 4.89. The normalized spacial score (nSPS) is 11.3. The molecule has 1 rings (SSSR count). The highest BCUT2D eigenvalue weighted by Crippen LogP contribution is 2.29. The van der Waals surface area contributed by atoms with E-state index in [0.29, 0.717) is 5.69 Å². The van der Waals surface area contributed by atoms with Gasteiger partial charge in [-0.15, -0.1) is 0 Å². The molecule has 18 heavy (non-hydrogen) atoms. The van der Waals surface area contributed by atoms with Crippen molar-refractivity contribution in [3.63, 3.8) is 0 Å². The van der Waals surface area contributed by atoms with Gasteiger partial charge in [-0.05, 0) is 36.4 Å². The molecule has 0 aromatic heterocycles. The number of hydrogen-bond acceptors (Lipinski definition) is 4. The second kappa shape index (κ2) is 5.99. The summed E-state index contributed by atoms with van der Waals surface area (Å²) in [5.74, 6) is -0.999. The lowest BCUT2D eigenvalue weighted by Gasteiger charge is -2.07. The van der Waals surface area contributed by atoms with Crippen LogP contribution >= 0.6 is 11.8 Å². The largest absolute Gasteiger partial charge is 0.461 e. The molecule has 0 spiro atoms. The summed E-state index contributed by atoms with van der Waals surface area (Å²) >= 11 is -0.226. The monoisotopic (exact) mass is 279 g/mol. The number of aryl methyl sites for hydroxylation is 1. The average Bonchev–Trinajstić information content (AvgIpc) is 2.26. The zero-order valence-corrected chi connectivity index (χ0v) is 10.4. The quantitative estimate of drug-likeness (QED) is 0.523. The second-order valence-electron chi connectivity index (χ2n) is 3.50. The highest BCUT2D eigenvalue weighted by atomic mass is 32.2. The van der Waals surface area contributed by atoms with E-state index in [9.17, 15) is 18.0 Å². The molecule has 0 saturated heterocycles. The minimum Gasteiger partial charge on any atom is -0.461 e. The van der Waals surface area contributed by atoms with Crippen LogP contribution in [0.4, 0.5) is 18.9 Å². The molecule has 1 aromatic rings. The highest BCUT2D eigenvalue weighted by molar-refractivity contribution is 8.00. The van der Waals surface area contributed by atoms with Crippen molar-refractivity contribution in [3.05, 3.63) is 29.3 Å². The average molecular weight is 279 g/mol. The summed E-state index contributed by atoms with van der Waals surface area (Å²) in [6, 6.07) is 4.61. The molecule has 0 aliphatic heterocycles. The van der Waals surface area contributed by atoms with Gasteiger partial charge in [0.25, 0.3) is 0 Å². The zero-order valence-electron chi connectivity index (χ0n) is 9.58. The molecule has 0 fully saturated rings. The molecule has 3 nitrogen and oxygen atoms in total. The van der Waals surface area contributed by atoms with E-state index in [2.05, 4.69) is 0 Å². The first-order valence-electron chi connectivity index (χ1n) is 5.03. The van der Waals surface area contributed by atoms with E-state index >= 15 is 0 Å². The third-order valence-electron chi connectivity index (χ3n) is 2.10. The van der Waals surface area contributed by atoms with Crippen molar-refractivity contribution >= 4 is 23.4 Å². The summed E-state index contributed by atoms with van der Waals surface area (Å²) in [6.07, 6.45) is 0. The Morgan fingerprint density at radius 3 is 2.67 bits per heavy atom. The first-order chi connectivity index (χ1) is 8.29. The first kappa shape index (κ1) is 14.7. The summed E-state index contributed by atoms with van der Waals surface area (Å²) in [5, 5.41) is 0. The summed E-state index contributed by atoms with van der Waals surface area (Å²) in [5.41, 5.74) is 2.79. The lowest BCUT2D eigenvalue weighted by Crippen LogP contribution is -2.11. The van der Waals surface area contributed by atoms with E-state index in [1.54, 1.807) is 13.0 Å². The number of alkyl halides is 3. The van der Waals surface area contributed by atoms with Gasteiger partial charge in [-0.3, -0.25) is 0 Å². The number of halogens is 3. The highest BCUT2D eigenvalue weighted by Gasteiger charge is 2.27. The second-order valence-corrected chi connectivity index (χ2v) is 4.66. The summed E-state index contributed by atoms with van der Waals surface area (Å²) in [7, 11) is 0. The van der Waals surface area contributed by atoms with E-state index in [1.807, 2.05) is 0 Å². The molecule has 2 N–H and O–H groups in total. The third kappa shape index (κ3) is 4.87. The van der Waals surface area contributed by atoms with Crippen molar-refractivity contribution < 1.29 is 22.7 Å². The number of carbonyl (C=O) groups is 1. The van der Waals surface area contributed by atoms with Crippen LogP contribution in [0.25, 0.3) is 0 Å². The van der Waals surface area contributed by atoms with E-state index in [0.717, 1.165) is 5.56 Å². The molecule has 0 saturated carbocycles. The molecular weight excluding hydrogens is 267 g/mol. The Balaban J connectivity index is 2.43. The van der Waals surface area contributed by atoms with Crippen LogP contribution in [0.5, 0.6) is 0 Å². The lowest BCUT2D eigenvalue weighted by molar-refractivity contribution is -0.0331. The van der Waals surface area contributed by atoms with Crippen LogP contribution in [0.15, 0.2) is 18.2 Å². The fourth-order valence-electron chi connectivity index (χ4n) is 1.14. The number of benzene rings is 1. The number of thioether (sulfide) groups is 1. The van der Waals surface area contributed by atoms with Gasteiger partial charge in [0.2, 0.25) is 0 Å². The van der Waals surface area contributed by atoms with Crippen LogP contribution in [-0.2, 0) is 4.74 Å². The Hall–Kier alpha value is -1.37. The standard InChI is InChI=1S/C11H12F3NO2S/c1-7-2-3-8(6-9(7)15)10(16)17-4-5-18-11(12,13)14/h2-3,6H,4-5,15H2,1H3. The van der Waals surface area contributed by atoms with Gasteiger partial charge in [-0.25, -0.2) is 4.79 Å². The van der Waals surface area contributed by atoms with E-state index in [1.165, 1.54) is 12.1 Å². The molecule has 0 amide bonds.